The molecule has 1 unspecified atom stereocenters. The Balaban J connectivity index is 1.83. The first-order valence-electron chi connectivity index (χ1n) is 15.3. The molecule has 1 nitrogen and oxygen atoms in total. The minimum absolute atomic E-state index is 0.133. The van der Waals surface area contributed by atoms with Gasteiger partial charge in [-0.15, -0.1) is 0 Å². The van der Waals surface area contributed by atoms with E-state index in [-0.39, 0.29) is 11.0 Å². The maximum Gasteiger partial charge on any atom is 0.131 e. The van der Waals surface area contributed by atoms with Crippen LogP contribution in [-0.2, 0) is 5.41 Å². The summed E-state index contributed by atoms with van der Waals surface area (Å²) in [5.41, 5.74) is 11.8. The van der Waals surface area contributed by atoms with Gasteiger partial charge in [0.05, 0.1) is 0 Å². The predicted octanol–water partition coefficient (Wildman–Crippen LogP) is 10.5. The first-order valence-corrected chi connectivity index (χ1v) is 18.4. The summed E-state index contributed by atoms with van der Waals surface area (Å²) >= 11 is 0. The number of hydrogen-bond donors (Lipinski definition) is 1. The summed E-state index contributed by atoms with van der Waals surface area (Å²) in [6, 6.07) is 14.7. The lowest BCUT2D eigenvalue weighted by Crippen LogP contribution is -2.58. The van der Waals surface area contributed by atoms with E-state index in [1.165, 1.54) is 80.9 Å². The van der Waals surface area contributed by atoms with Gasteiger partial charge >= 0.3 is 0 Å². The highest BCUT2D eigenvalue weighted by Crippen LogP contribution is 2.56. The van der Waals surface area contributed by atoms with E-state index in [0.717, 1.165) is 0 Å². The first-order chi connectivity index (χ1) is 17.5. The summed E-state index contributed by atoms with van der Waals surface area (Å²) in [6.45, 7) is 19.1. The van der Waals surface area contributed by atoms with Gasteiger partial charge in [0.25, 0.3) is 0 Å². The molecule has 0 heterocycles. The Morgan fingerprint density at radius 3 is 2.03 bits per heavy atom. The molecule has 2 aliphatic carbocycles. The zero-order chi connectivity index (χ0) is 26.8. The van der Waals surface area contributed by atoms with Crippen molar-refractivity contribution in [1.82, 2.24) is 4.98 Å². The fraction of sp³-hybridized carbons (Fsp3) is 0.600. The quantitative estimate of drug-likeness (QED) is 0.219. The highest BCUT2D eigenvalue weighted by Gasteiger charge is 2.46. The molecule has 0 spiro atoms. The van der Waals surface area contributed by atoms with Gasteiger partial charge in [-0.05, 0) is 80.0 Å². The van der Waals surface area contributed by atoms with Crippen molar-refractivity contribution in [2.75, 3.05) is 0 Å². The number of hydrogen-bond acceptors (Lipinski definition) is 1. The monoisotopic (exact) mass is 515 g/mol. The van der Waals surface area contributed by atoms with Crippen LogP contribution < -0.4 is 4.98 Å². The van der Waals surface area contributed by atoms with Crippen LogP contribution in [0.15, 0.2) is 42.0 Å². The number of fused-ring (bicyclic) bond motifs is 4. The Labute approximate surface area is 229 Å². The van der Waals surface area contributed by atoms with Crippen LogP contribution in [0.25, 0.3) is 17.2 Å². The second-order valence-electron chi connectivity index (χ2n) is 13.7. The molecule has 2 aromatic rings. The van der Waals surface area contributed by atoms with Crippen molar-refractivity contribution in [1.29, 1.82) is 0 Å². The first kappa shape index (κ1) is 28.4. The Morgan fingerprint density at radius 1 is 0.811 bits per heavy atom. The molecule has 0 aromatic heterocycles. The molecule has 1 atom stereocenters. The Morgan fingerprint density at radius 2 is 1.43 bits per heavy atom. The lowest BCUT2D eigenvalue weighted by molar-refractivity contribution is 0.400. The normalized spacial score (nSPS) is 17.9. The van der Waals surface area contributed by atoms with E-state index < -0.39 is 8.24 Å². The molecule has 1 N–H and O–H groups in total. The molecular weight excluding hydrogens is 462 g/mol. The summed E-state index contributed by atoms with van der Waals surface area (Å²) in [6.07, 6.45) is 15.8. The van der Waals surface area contributed by atoms with Gasteiger partial charge in [-0.1, -0.05) is 120 Å². The van der Waals surface area contributed by atoms with E-state index >= 15 is 0 Å². The molecule has 2 heteroatoms. The van der Waals surface area contributed by atoms with Gasteiger partial charge in [-0.25, -0.2) is 0 Å². The Kier molecular flexibility index (Phi) is 8.61. The van der Waals surface area contributed by atoms with Crippen molar-refractivity contribution in [3.63, 3.8) is 0 Å². The summed E-state index contributed by atoms with van der Waals surface area (Å²) in [5, 5.41) is 0. The topological polar surface area (TPSA) is 12.0 Å². The fourth-order valence-electron chi connectivity index (χ4n) is 7.85. The molecule has 37 heavy (non-hydrogen) atoms. The Bertz CT molecular complexity index is 1100. The van der Waals surface area contributed by atoms with Gasteiger partial charge in [0.15, 0.2) is 0 Å². The van der Waals surface area contributed by atoms with Crippen molar-refractivity contribution in [2.45, 2.75) is 135 Å². The minimum atomic E-state index is -1.77. The molecular formula is C35H53NSi. The summed E-state index contributed by atoms with van der Waals surface area (Å²) < 4.78 is 0. The standard InChI is InChI=1S/C35H53NSi/c1-9-11-13-17-21-35(22-18-14-12-10-2)31-20-16-15-19-28(31)30-24-27-23-26(3)33(29(27)25-32(30)35)37(7,8)36-34(4,5)6/h15-16,19-20,23-25,33,36H,9-14,17-18,21-22H2,1-8H3. The average molecular weight is 516 g/mol. The van der Waals surface area contributed by atoms with Crippen LogP contribution in [-0.4, -0.2) is 13.8 Å². The molecule has 0 amide bonds. The lowest BCUT2D eigenvalue weighted by atomic mass is 9.70. The molecule has 0 bridgehead atoms. The van der Waals surface area contributed by atoms with E-state index in [1.807, 2.05) is 0 Å². The smallest absolute Gasteiger partial charge is 0.131 e. The third-order valence-corrected chi connectivity index (χ3v) is 12.6. The average Bonchev–Trinajstić information content (AvgIpc) is 3.29. The highest BCUT2D eigenvalue weighted by molar-refractivity contribution is 6.77. The second kappa shape index (κ2) is 11.2. The highest BCUT2D eigenvalue weighted by atomic mass is 28.3. The fourth-order valence-corrected chi connectivity index (χ4v) is 12.2. The van der Waals surface area contributed by atoms with Crippen LogP contribution in [0, 0.1) is 0 Å². The van der Waals surface area contributed by atoms with Gasteiger partial charge in [-0.2, -0.15) is 0 Å². The second-order valence-corrected chi connectivity index (χ2v) is 18.0. The van der Waals surface area contributed by atoms with Crippen molar-refractivity contribution in [3.05, 3.63) is 64.2 Å². The summed E-state index contributed by atoms with van der Waals surface area (Å²) in [5.74, 6) is 0. The van der Waals surface area contributed by atoms with E-state index in [4.69, 9.17) is 0 Å². The van der Waals surface area contributed by atoms with Crippen LogP contribution in [0.5, 0.6) is 0 Å². The van der Waals surface area contributed by atoms with Gasteiger partial charge in [0, 0.05) is 16.5 Å². The zero-order valence-corrected chi connectivity index (χ0v) is 26.2. The largest absolute Gasteiger partial charge is 0.332 e. The van der Waals surface area contributed by atoms with Crippen molar-refractivity contribution in [3.8, 4) is 11.1 Å². The van der Waals surface area contributed by atoms with Gasteiger partial charge in [0.2, 0.25) is 0 Å². The molecule has 202 valence electrons. The van der Waals surface area contributed by atoms with Crippen molar-refractivity contribution >= 4 is 14.3 Å². The SMILES string of the molecule is CCCCCCC1(CCCCCC)c2ccccc2-c2cc3c(cc21)C([Si](C)(C)NC(C)(C)C)C(C)=C3. The van der Waals surface area contributed by atoms with Crippen LogP contribution >= 0.6 is 0 Å². The number of allylic oxidation sites excluding steroid dienone is 1. The number of benzene rings is 2. The number of unbranched alkanes of at least 4 members (excludes halogenated alkanes) is 6. The van der Waals surface area contributed by atoms with Crippen molar-refractivity contribution < 1.29 is 0 Å². The van der Waals surface area contributed by atoms with E-state index in [1.54, 1.807) is 22.3 Å². The maximum atomic E-state index is 4.11. The molecule has 2 aromatic carbocycles. The predicted molar refractivity (Wildman–Crippen MR) is 167 cm³/mol. The third kappa shape index (κ3) is 5.71. The molecule has 0 aliphatic heterocycles. The zero-order valence-electron chi connectivity index (χ0n) is 25.2. The number of rotatable bonds is 12. The minimum Gasteiger partial charge on any atom is -0.332 e. The molecule has 0 radical (unpaired) electrons. The maximum absolute atomic E-state index is 4.11. The summed E-state index contributed by atoms with van der Waals surface area (Å²) in [4.78, 5) is 4.11. The van der Waals surface area contributed by atoms with Crippen LogP contribution in [0.3, 0.4) is 0 Å². The van der Waals surface area contributed by atoms with Gasteiger partial charge in [-0.3, -0.25) is 0 Å². The molecule has 0 saturated carbocycles. The lowest BCUT2D eigenvalue weighted by Gasteiger charge is -2.39. The van der Waals surface area contributed by atoms with Gasteiger partial charge in [0.1, 0.15) is 8.24 Å². The van der Waals surface area contributed by atoms with Crippen LogP contribution in [0.4, 0.5) is 0 Å². The van der Waals surface area contributed by atoms with E-state index in [0.29, 0.717) is 5.54 Å². The van der Waals surface area contributed by atoms with E-state index in [2.05, 4.69) is 102 Å². The molecule has 0 fully saturated rings. The van der Waals surface area contributed by atoms with Gasteiger partial charge < -0.3 is 4.98 Å². The number of nitrogens with one attached hydrogen (secondary N) is 1. The molecule has 2 aliphatic rings. The third-order valence-electron chi connectivity index (χ3n) is 8.95. The molecule has 4 rings (SSSR count). The Hall–Kier alpha value is -1.64. The van der Waals surface area contributed by atoms with Crippen molar-refractivity contribution in [2.24, 2.45) is 0 Å². The van der Waals surface area contributed by atoms with Crippen LogP contribution in [0.2, 0.25) is 13.1 Å². The molecule has 0 saturated heterocycles. The van der Waals surface area contributed by atoms with Crippen LogP contribution in [0.1, 0.15) is 134 Å². The van der Waals surface area contributed by atoms with E-state index in [9.17, 15) is 0 Å². The summed E-state index contributed by atoms with van der Waals surface area (Å²) in [7, 11) is -1.77.